The van der Waals surface area contributed by atoms with Gasteiger partial charge in [0, 0.05) is 43.6 Å². The number of carbonyl (C=O) groups is 5. The molecular weight excluding hydrogens is 588 g/mol. The quantitative estimate of drug-likeness (QED) is 0.159. The zero-order chi connectivity index (χ0) is 33.6. The second-order valence-electron chi connectivity index (χ2n) is 12.2. The van der Waals surface area contributed by atoms with Crippen LogP contribution in [0.1, 0.15) is 46.6 Å². The van der Waals surface area contributed by atoms with Gasteiger partial charge < -0.3 is 51.3 Å². The number of aromatic nitrogens is 1. The van der Waals surface area contributed by atoms with Gasteiger partial charge in [-0.3, -0.25) is 19.2 Å². The van der Waals surface area contributed by atoms with Crippen molar-refractivity contribution in [2.75, 3.05) is 13.7 Å². The molecule has 0 radical (unpaired) electrons. The number of fused-ring (bicyclic) bond motifs is 1. The summed E-state index contributed by atoms with van der Waals surface area (Å²) in [6.07, 6.45) is -2.40. The van der Waals surface area contributed by atoms with Crippen molar-refractivity contribution >= 4 is 40.6 Å². The van der Waals surface area contributed by atoms with Crippen molar-refractivity contribution in [3.8, 4) is 0 Å². The van der Waals surface area contributed by atoms with Crippen molar-refractivity contribution in [1.82, 2.24) is 25.8 Å². The molecular formula is C30H44N6O9. The molecule has 0 aliphatic carbocycles. The summed E-state index contributed by atoms with van der Waals surface area (Å²) in [6, 6.07) is 2.07. The molecule has 45 heavy (non-hydrogen) atoms. The largest absolute Gasteiger partial charge is 0.444 e. The molecule has 15 heteroatoms. The molecule has 0 unspecified atom stereocenters. The summed E-state index contributed by atoms with van der Waals surface area (Å²) < 4.78 is 10.7. The van der Waals surface area contributed by atoms with Crippen LogP contribution < -0.4 is 21.7 Å². The van der Waals surface area contributed by atoms with Crippen LogP contribution in [-0.2, 0) is 35.1 Å². The highest BCUT2D eigenvalue weighted by atomic mass is 16.6. The van der Waals surface area contributed by atoms with Gasteiger partial charge in [0.15, 0.2) is 0 Å². The van der Waals surface area contributed by atoms with Crippen molar-refractivity contribution in [3.63, 3.8) is 0 Å². The summed E-state index contributed by atoms with van der Waals surface area (Å²) in [6.45, 7) is 7.51. The number of para-hydroxylation sites is 1. The standard InChI is InChI=1S/C30H44N6O9/c1-15(37)23(25(31)39)34-26(40)21(11-17-13-32-20-10-8-7-9-19(17)20)33-27(41)22-12-18(44-6)14-36(22)28(42)24(16(2)38)35-29(43)45-30(3,4)5/h7-10,13,15-16,18,21-24,32,37-38H,11-12,14H2,1-6H3,(H2,31,39)(H,33,41)(H,34,40)(H,35,43)/t15-,16-,18-,21+,22+,23+,24+/m1/s1. The number of nitrogens with two attached hydrogens (primary N) is 1. The minimum atomic E-state index is -1.45. The number of aromatic amines is 1. The van der Waals surface area contributed by atoms with Crippen molar-refractivity contribution < 1.29 is 43.7 Å². The van der Waals surface area contributed by atoms with E-state index in [1.165, 1.54) is 25.9 Å². The van der Waals surface area contributed by atoms with Gasteiger partial charge in [0.25, 0.3) is 0 Å². The fraction of sp³-hybridized carbons (Fsp3) is 0.567. The number of likely N-dealkylation sites (tertiary alicyclic amines) is 1. The number of alkyl carbamates (subject to hydrolysis) is 1. The van der Waals surface area contributed by atoms with E-state index in [-0.39, 0.29) is 19.4 Å². The highest BCUT2D eigenvalue weighted by Crippen LogP contribution is 2.24. The first-order chi connectivity index (χ1) is 21.0. The van der Waals surface area contributed by atoms with Crippen LogP contribution in [0.15, 0.2) is 30.5 Å². The fourth-order valence-electron chi connectivity index (χ4n) is 5.14. The van der Waals surface area contributed by atoms with Crippen molar-refractivity contribution in [2.24, 2.45) is 5.73 Å². The fourth-order valence-corrected chi connectivity index (χ4v) is 5.14. The number of benzene rings is 1. The van der Waals surface area contributed by atoms with Gasteiger partial charge in [-0.2, -0.15) is 0 Å². The first-order valence-electron chi connectivity index (χ1n) is 14.7. The molecule has 0 spiro atoms. The van der Waals surface area contributed by atoms with E-state index >= 15 is 0 Å². The Morgan fingerprint density at radius 1 is 1.04 bits per heavy atom. The Morgan fingerprint density at radius 3 is 2.27 bits per heavy atom. The molecule has 2 aromatic rings. The van der Waals surface area contributed by atoms with Gasteiger partial charge in [-0.05, 0) is 46.2 Å². The minimum absolute atomic E-state index is 0.0161. The van der Waals surface area contributed by atoms with Crippen LogP contribution in [0.2, 0.25) is 0 Å². The Kier molecular flexibility index (Phi) is 11.5. The van der Waals surface area contributed by atoms with E-state index in [0.29, 0.717) is 5.56 Å². The molecule has 0 bridgehead atoms. The highest BCUT2D eigenvalue weighted by Gasteiger charge is 2.44. The molecule has 1 fully saturated rings. The number of carbonyl (C=O) groups excluding carboxylic acids is 5. The number of rotatable bonds is 12. The van der Waals surface area contributed by atoms with Gasteiger partial charge in [0.1, 0.15) is 29.8 Å². The topological polar surface area (TPSA) is 225 Å². The van der Waals surface area contributed by atoms with Crippen molar-refractivity contribution in [2.45, 2.75) is 95.5 Å². The highest BCUT2D eigenvalue weighted by molar-refractivity contribution is 5.96. The molecule has 0 saturated carbocycles. The van der Waals surface area contributed by atoms with E-state index in [4.69, 9.17) is 15.2 Å². The second kappa shape index (κ2) is 14.7. The lowest BCUT2D eigenvalue weighted by Gasteiger charge is -2.31. The van der Waals surface area contributed by atoms with Gasteiger partial charge >= 0.3 is 6.09 Å². The summed E-state index contributed by atoms with van der Waals surface area (Å²) in [5, 5.41) is 28.7. The van der Waals surface area contributed by atoms with Crippen LogP contribution in [0.25, 0.3) is 10.9 Å². The maximum Gasteiger partial charge on any atom is 0.408 e. The molecule has 1 aromatic heterocycles. The number of aliphatic hydroxyl groups is 2. The number of nitrogens with one attached hydrogen (secondary N) is 4. The maximum absolute atomic E-state index is 13.8. The molecule has 2 heterocycles. The number of primary amides is 1. The average Bonchev–Trinajstić information content (AvgIpc) is 3.57. The third kappa shape index (κ3) is 9.15. The van der Waals surface area contributed by atoms with E-state index in [2.05, 4.69) is 20.9 Å². The lowest BCUT2D eigenvalue weighted by Crippen LogP contribution is -2.60. The number of ether oxygens (including phenoxy) is 2. The monoisotopic (exact) mass is 632 g/mol. The number of hydrogen-bond donors (Lipinski definition) is 7. The van der Waals surface area contributed by atoms with E-state index < -0.39 is 77.8 Å². The minimum Gasteiger partial charge on any atom is -0.444 e. The molecule has 7 atom stereocenters. The predicted octanol–water partition coefficient (Wildman–Crippen LogP) is -0.564. The van der Waals surface area contributed by atoms with Crippen LogP contribution in [0.4, 0.5) is 4.79 Å². The maximum atomic E-state index is 13.8. The molecule has 1 saturated heterocycles. The SMILES string of the molecule is CO[C@@H]1C[C@@H](C(=O)N[C@@H](Cc2c[nH]c3ccccc23)C(=O)N[C@H](C(N)=O)[C@@H](C)O)N(C(=O)[C@@H](NC(=O)OC(C)(C)C)[C@@H](C)O)C1. The van der Waals surface area contributed by atoms with Crippen LogP contribution in [0.3, 0.4) is 0 Å². The van der Waals surface area contributed by atoms with Gasteiger partial charge in [0.05, 0.1) is 18.3 Å². The van der Waals surface area contributed by atoms with Crippen LogP contribution in [-0.4, -0.2) is 112 Å². The molecule has 1 aromatic carbocycles. The number of hydrogen-bond acceptors (Lipinski definition) is 9. The van der Waals surface area contributed by atoms with Crippen LogP contribution >= 0.6 is 0 Å². The third-order valence-corrected chi connectivity index (χ3v) is 7.42. The first kappa shape index (κ1) is 35.3. The van der Waals surface area contributed by atoms with Crippen LogP contribution in [0, 0.1) is 0 Å². The Labute approximate surface area is 261 Å². The zero-order valence-electron chi connectivity index (χ0n) is 26.3. The van der Waals surface area contributed by atoms with E-state index in [9.17, 15) is 34.2 Å². The molecule has 15 nitrogen and oxygen atoms in total. The number of methoxy groups -OCH3 is 1. The van der Waals surface area contributed by atoms with E-state index in [1.807, 2.05) is 24.3 Å². The predicted molar refractivity (Wildman–Crippen MR) is 162 cm³/mol. The van der Waals surface area contributed by atoms with Crippen molar-refractivity contribution in [3.05, 3.63) is 36.0 Å². The number of amides is 5. The Balaban J connectivity index is 1.89. The zero-order valence-corrected chi connectivity index (χ0v) is 26.3. The normalized spacial score (nSPS) is 20.0. The number of aliphatic hydroxyl groups excluding tert-OH is 2. The molecule has 1 aliphatic rings. The lowest BCUT2D eigenvalue weighted by atomic mass is 10.0. The molecule has 5 amide bonds. The number of nitrogens with zero attached hydrogens (tertiary/aromatic N) is 1. The third-order valence-electron chi connectivity index (χ3n) is 7.42. The van der Waals surface area contributed by atoms with Gasteiger partial charge in [0.2, 0.25) is 23.6 Å². The van der Waals surface area contributed by atoms with E-state index in [1.54, 1.807) is 27.0 Å². The molecule has 248 valence electrons. The van der Waals surface area contributed by atoms with E-state index in [0.717, 1.165) is 10.9 Å². The average molecular weight is 633 g/mol. The van der Waals surface area contributed by atoms with Gasteiger partial charge in [-0.15, -0.1) is 0 Å². The summed E-state index contributed by atoms with van der Waals surface area (Å²) in [5.41, 5.74) is 6.00. The summed E-state index contributed by atoms with van der Waals surface area (Å²) in [4.78, 5) is 69.7. The second-order valence-corrected chi connectivity index (χ2v) is 12.2. The van der Waals surface area contributed by atoms with Gasteiger partial charge in [-0.1, -0.05) is 18.2 Å². The summed E-state index contributed by atoms with van der Waals surface area (Å²) in [7, 11) is 1.42. The molecule has 3 rings (SSSR count). The van der Waals surface area contributed by atoms with Crippen LogP contribution in [0.5, 0.6) is 0 Å². The Hall–Kier alpha value is -4.21. The smallest absolute Gasteiger partial charge is 0.408 e. The lowest BCUT2D eigenvalue weighted by molar-refractivity contribution is -0.143. The number of H-pyrrole nitrogens is 1. The Morgan fingerprint density at radius 2 is 1.69 bits per heavy atom. The molecule has 1 aliphatic heterocycles. The summed E-state index contributed by atoms with van der Waals surface area (Å²) in [5.74, 6) is -3.22. The Bertz CT molecular complexity index is 1390. The van der Waals surface area contributed by atoms with Gasteiger partial charge in [-0.25, -0.2) is 4.79 Å². The first-order valence-corrected chi connectivity index (χ1v) is 14.7. The van der Waals surface area contributed by atoms with Crippen molar-refractivity contribution in [1.29, 1.82) is 0 Å². The summed E-state index contributed by atoms with van der Waals surface area (Å²) >= 11 is 0. The molecule has 8 N–H and O–H groups in total.